The number of ketones is 1. The molecule has 1 aromatic rings. The quantitative estimate of drug-likeness (QED) is 0.653. The molecule has 2 aliphatic rings. The van der Waals surface area contributed by atoms with E-state index in [1.165, 1.54) is 20.8 Å². The minimum absolute atomic E-state index is 0.0685. The van der Waals surface area contributed by atoms with Crippen molar-refractivity contribution in [1.29, 1.82) is 0 Å². The van der Waals surface area contributed by atoms with Crippen molar-refractivity contribution >= 4 is 23.4 Å². The van der Waals surface area contributed by atoms with Crippen molar-refractivity contribution in [2.75, 3.05) is 18.6 Å². The lowest BCUT2D eigenvalue weighted by Gasteiger charge is -2.50. The normalized spacial score (nSPS) is 25.6. The lowest BCUT2D eigenvalue weighted by molar-refractivity contribution is -0.192. The molecule has 2 bridgehead atoms. The van der Waals surface area contributed by atoms with Gasteiger partial charge < -0.3 is 23.8 Å². The van der Waals surface area contributed by atoms with Crippen LogP contribution in [-0.2, 0) is 28.6 Å². The van der Waals surface area contributed by atoms with Crippen molar-refractivity contribution in [3.63, 3.8) is 0 Å². The van der Waals surface area contributed by atoms with Crippen molar-refractivity contribution in [3.8, 4) is 5.75 Å². The Morgan fingerprint density at radius 3 is 2.30 bits per heavy atom. The van der Waals surface area contributed by atoms with Gasteiger partial charge in [0.25, 0.3) is 0 Å². The van der Waals surface area contributed by atoms with E-state index in [1.807, 2.05) is 36.1 Å². The van der Waals surface area contributed by atoms with Gasteiger partial charge in [0.1, 0.15) is 30.8 Å². The minimum Gasteiger partial charge on any atom is -0.497 e. The summed E-state index contributed by atoms with van der Waals surface area (Å²) in [7, 11) is 1.60. The van der Waals surface area contributed by atoms with E-state index >= 15 is 0 Å². The number of hydrogen-bond acceptors (Lipinski definition) is 8. The predicted octanol–water partition coefficient (Wildman–Crippen LogP) is 2.60. The molecule has 0 unspecified atom stereocenters. The second-order valence-electron chi connectivity index (χ2n) is 7.47. The average Bonchev–Trinajstić information content (AvgIpc) is 2.68. The van der Waals surface area contributed by atoms with E-state index in [0.717, 1.165) is 11.4 Å². The van der Waals surface area contributed by atoms with Crippen molar-refractivity contribution in [2.24, 2.45) is 5.92 Å². The second-order valence-corrected chi connectivity index (χ2v) is 7.47. The van der Waals surface area contributed by atoms with Gasteiger partial charge in [-0.25, -0.2) is 0 Å². The van der Waals surface area contributed by atoms with Gasteiger partial charge in [-0.15, -0.1) is 0 Å². The molecule has 0 saturated carbocycles. The van der Waals surface area contributed by atoms with Gasteiger partial charge >= 0.3 is 11.9 Å². The van der Waals surface area contributed by atoms with E-state index in [2.05, 4.69) is 0 Å². The summed E-state index contributed by atoms with van der Waals surface area (Å²) in [5, 5.41) is 0. The molecule has 3 rings (SSSR count). The smallest absolute Gasteiger partial charge is 0.303 e. The first-order valence-electron chi connectivity index (χ1n) is 9.84. The average molecular weight is 417 g/mol. The fraction of sp³-hybridized carbons (Fsp3) is 0.500. The summed E-state index contributed by atoms with van der Waals surface area (Å²) in [6, 6.07) is 7.46. The first-order valence-corrected chi connectivity index (χ1v) is 9.84. The van der Waals surface area contributed by atoms with Crippen LogP contribution in [0.4, 0.5) is 5.69 Å². The number of hydrogen-bond donors (Lipinski definition) is 0. The fourth-order valence-corrected chi connectivity index (χ4v) is 4.31. The summed E-state index contributed by atoms with van der Waals surface area (Å²) >= 11 is 0. The summed E-state index contributed by atoms with van der Waals surface area (Å²) in [5.41, 5.74) is 2.18. The van der Waals surface area contributed by atoms with Crippen LogP contribution < -0.4 is 9.64 Å². The number of benzene rings is 1. The molecular formula is C22H27NO7. The van der Waals surface area contributed by atoms with Crippen LogP contribution in [0.2, 0.25) is 0 Å². The van der Waals surface area contributed by atoms with Crippen LogP contribution in [-0.4, -0.2) is 49.9 Å². The highest BCUT2D eigenvalue weighted by molar-refractivity contribution is 5.96. The fourth-order valence-electron chi connectivity index (χ4n) is 4.31. The molecule has 4 atom stereocenters. The number of nitrogens with zero attached hydrogens (tertiary/aromatic N) is 1. The third-order valence-corrected chi connectivity index (χ3v) is 5.44. The number of rotatable bonds is 6. The largest absolute Gasteiger partial charge is 0.497 e. The van der Waals surface area contributed by atoms with Gasteiger partial charge in [0.2, 0.25) is 0 Å². The zero-order chi connectivity index (χ0) is 22.0. The minimum atomic E-state index is -0.718. The molecule has 2 heterocycles. The Balaban J connectivity index is 2.04. The number of carbonyl (C=O) groups is 3. The maximum absolute atomic E-state index is 12.6. The van der Waals surface area contributed by atoms with Crippen LogP contribution in [0, 0.1) is 5.92 Å². The number of Topliss-reactive ketones (excluding diaryl/α,β-unsaturated/α-hetero) is 1. The van der Waals surface area contributed by atoms with E-state index in [1.54, 1.807) is 7.11 Å². The van der Waals surface area contributed by atoms with Crippen LogP contribution >= 0.6 is 0 Å². The maximum Gasteiger partial charge on any atom is 0.303 e. The molecule has 0 N–H and O–H groups in total. The van der Waals surface area contributed by atoms with E-state index < -0.39 is 30.4 Å². The number of carbonyl (C=O) groups excluding carboxylic acids is 3. The van der Waals surface area contributed by atoms with Crippen molar-refractivity contribution < 1.29 is 33.3 Å². The first-order chi connectivity index (χ1) is 14.2. The molecule has 2 aliphatic heterocycles. The molecule has 1 aromatic carbocycles. The van der Waals surface area contributed by atoms with E-state index in [-0.39, 0.29) is 18.3 Å². The number of allylic oxidation sites excluding steroid dienone is 1. The first kappa shape index (κ1) is 21.8. The van der Waals surface area contributed by atoms with Crippen LogP contribution in [0.25, 0.3) is 0 Å². The number of methoxy groups -OCH3 is 1. The monoisotopic (exact) mass is 417 g/mol. The number of ether oxygens (including phenoxy) is 4. The molecule has 0 aliphatic carbocycles. The lowest BCUT2D eigenvalue weighted by atomic mass is 9.78. The molecule has 1 saturated heterocycles. The summed E-state index contributed by atoms with van der Waals surface area (Å²) in [6.45, 7) is 5.92. The Kier molecular flexibility index (Phi) is 6.45. The van der Waals surface area contributed by atoms with Gasteiger partial charge in [0.05, 0.1) is 7.11 Å². The summed E-state index contributed by atoms with van der Waals surface area (Å²) in [5.74, 6) is -0.663. The van der Waals surface area contributed by atoms with Crippen LogP contribution in [0.3, 0.4) is 0 Å². The molecule has 0 radical (unpaired) electrons. The second kappa shape index (κ2) is 8.87. The molecule has 1 fully saturated rings. The van der Waals surface area contributed by atoms with E-state index in [4.69, 9.17) is 18.9 Å². The van der Waals surface area contributed by atoms with E-state index in [0.29, 0.717) is 17.7 Å². The summed E-state index contributed by atoms with van der Waals surface area (Å²) in [4.78, 5) is 37.7. The molecule has 8 heteroatoms. The Labute approximate surface area is 175 Å². The van der Waals surface area contributed by atoms with Crippen LogP contribution in [0.1, 0.15) is 34.1 Å². The van der Waals surface area contributed by atoms with Gasteiger partial charge in [-0.1, -0.05) is 0 Å². The molecule has 8 nitrogen and oxygen atoms in total. The zero-order valence-electron chi connectivity index (χ0n) is 17.8. The summed E-state index contributed by atoms with van der Waals surface area (Å²) < 4.78 is 22.2. The van der Waals surface area contributed by atoms with Crippen molar-refractivity contribution in [1.82, 2.24) is 0 Å². The Morgan fingerprint density at radius 2 is 1.77 bits per heavy atom. The van der Waals surface area contributed by atoms with E-state index in [9.17, 15) is 14.4 Å². The molecular weight excluding hydrogens is 390 g/mol. The number of fused-ring (bicyclic) bond motifs is 2. The number of anilines is 1. The Hall–Kier alpha value is -2.87. The van der Waals surface area contributed by atoms with Gasteiger partial charge in [-0.3, -0.25) is 14.4 Å². The SMILES string of the molecule is COc1ccc(N2C(C)=C(C(C)=O)[C@@H]3C[C@H]2O[C@H](COC(C)=O)[C@H]3OC(C)=O)cc1. The molecule has 30 heavy (non-hydrogen) atoms. The highest BCUT2D eigenvalue weighted by atomic mass is 16.6. The van der Waals surface area contributed by atoms with Crippen molar-refractivity contribution in [2.45, 2.75) is 52.6 Å². The van der Waals surface area contributed by atoms with Gasteiger partial charge in [0.15, 0.2) is 5.78 Å². The molecule has 162 valence electrons. The maximum atomic E-state index is 12.6. The van der Waals surface area contributed by atoms with Crippen molar-refractivity contribution in [3.05, 3.63) is 35.5 Å². The molecule has 0 aromatic heterocycles. The van der Waals surface area contributed by atoms with Gasteiger partial charge in [0, 0.05) is 43.1 Å². The Bertz CT molecular complexity index is 861. The lowest BCUT2D eigenvalue weighted by Crippen LogP contribution is -2.58. The van der Waals surface area contributed by atoms with Crippen LogP contribution in [0.5, 0.6) is 5.75 Å². The molecule has 0 spiro atoms. The third-order valence-electron chi connectivity index (χ3n) is 5.44. The van der Waals surface area contributed by atoms with Crippen LogP contribution in [0.15, 0.2) is 35.5 Å². The predicted molar refractivity (Wildman–Crippen MR) is 108 cm³/mol. The molecule has 0 amide bonds. The topological polar surface area (TPSA) is 91.4 Å². The zero-order valence-corrected chi connectivity index (χ0v) is 17.8. The van der Waals surface area contributed by atoms with Gasteiger partial charge in [-0.05, 0) is 38.1 Å². The highest BCUT2D eigenvalue weighted by Crippen LogP contribution is 2.44. The Morgan fingerprint density at radius 1 is 1.10 bits per heavy atom. The summed E-state index contributed by atoms with van der Waals surface area (Å²) in [6.07, 6.45) is -1.35. The standard InChI is InChI=1S/C22H27NO7/c1-12-21(13(2)24)18-10-20(23(12)16-6-8-17(27-5)9-7-16)30-19(11-28-14(3)25)22(18)29-15(4)26/h6-9,18-20,22H,10-11H2,1-5H3/t18-,19+,20+,22-/m0/s1. The highest BCUT2D eigenvalue weighted by Gasteiger charge is 2.49. The third kappa shape index (κ3) is 4.33. The number of esters is 2. The van der Waals surface area contributed by atoms with Gasteiger partial charge in [-0.2, -0.15) is 0 Å².